The number of alkyl halides is 3. The van der Waals surface area contributed by atoms with Gasteiger partial charge in [0.1, 0.15) is 5.65 Å². The second-order valence-corrected chi connectivity index (χ2v) is 8.65. The van der Waals surface area contributed by atoms with Crippen LogP contribution >= 0.6 is 0 Å². The van der Waals surface area contributed by atoms with Gasteiger partial charge in [-0.05, 0) is 31.9 Å². The summed E-state index contributed by atoms with van der Waals surface area (Å²) in [6, 6.07) is 3.45. The smallest absolute Gasteiger partial charge is 0.380 e. The number of aromatic amines is 1. The Morgan fingerprint density at radius 3 is 2.55 bits per heavy atom. The number of aromatic nitrogens is 3. The van der Waals surface area contributed by atoms with E-state index >= 15 is 0 Å². The lowest BCUT2D eigenvalue weighted by Gasteiger charge is -2.24. The molecular formula is C23H29F3N6O. The topological polar surface area (TPSA) is 94.7 Å². The van der Waals surface area contributed by atoms with Crippen molar-refractivity contribution < 1.29 is 18.0 Å². The maximum Gasteiger partial charge on any atom is 0.401 e. The third-order valence-corrected chi connectivity index (χ3v) is 5.11. The highest BCUT2D eigenvalue weighted by atomic mass is 19.4. The molecule has 1 atom stereocenters. The molecule has 0 fully saturated rings. The molecule has 0 aliphatic carbocycles. The molecule has 1 amide bonds. The summed E-state index contributed by atoms with van der Waals surface area (Å²) in [6.45, 7) is 6.79. The van der Waals surface area contributed by atoms with Gasteiger partial charge in [-0.2, -0.15) is 13.2 Å². The predicted molar refractivity (Wildman–Crippen MR) is 123 cm³/mol. The number of anilines is 1. The van der Waals surface area contributed by atoms with Crippen molar-refractivity contribution in [1.82, 2.24) is 25.6 Å². The summed E-state index contributed by atoms with van der Waals surface area (Å²) in [7, 11) is 0. The molecule has 3 rings (SSSR count). The molecule has 0 saturated heterocycles. The molecule has 0 aromatic carbocycles. The maximum atomic E-state index is 12.5. The average molecular weight is 463 g/mol. The van der Waals surface area contributed by atoms with Crippen LogP contribution in [0.15, 0.2) is 36.9 Å². The molecule has 0 aliphatic heterocycles. The second-order valence-electron chi connectivity index (χ2n) is 8.65. The van der Waals surface area contributed by atoms with E-state index in [2.05, 4.69) is 30.9 Å². The molecule has 3 heterocycles. The molecule has 3 aromatic rings. The Balaban J connectivity index is 1.83. The first-order valence-corrected chi connectivity index (χ1v) is 10.8. The van der Waals surface area contributed by atoms with Gasteiger partial charge in [-0.3, -0.25) is 9.78 Å². The molecule has 0 bridgehead atoms. The van der Waals surface area contributed by atoms with Gasteiger partial charge in [0.25, 0.3) is 5.91 Å². The van der Waals surface area contributed by atoms with E-state index in [1.807, 2.05) is 33.8 Å². The Labute approximate surface area is 190 Å². The molecule has 7 nitrogen and oxygen atoms in total. The lowest BCUT2D eigenvalue weighted by atomic mass is 10.0. The highest BCUT2D eigenvalue weighted by Crippen LogP contribution is 2.29. The number of pyridine rings is 2. The van der Waals surface area contributed by atoms with Gasteiger partial charge in [0.15, 0.2) is 0 Å². The number of halogens is 3. The zero-order valence-electron chi connectivity index (χ0n) is 19.0. The summed E-state index contributed by atoms with van der Waals surface area (Å²) in [5.74, 6) is -0.111. The van der Waals surface area contributed by atoms with Crippen LogP contribution in [-0.2, 0) is 0 Å². The zero-order chi connectivity index (χ0) is 24.2. The van der Waals surface area contributed by atoms with Crippen molar-refractivity contribution in [3.05, 3.63) is 42.5 Å². The molecule has 1 unspecified atom stereocenters. The molecular weight excluding hydrogens is 433 g/mol. The minimum atomic E-state index is -4.25. The Kier molecular flexibility index (Phi) is 7.57. The number of nitrogens with zero attached hydrogens (tertiary/aromatic N) is 2. The molecule has 178 valence electrons. The standard InChI is InChI=1S/C23H29F3N6O/c1-13(2)20(11-28-12-23(24,25)26)32-17-5-15(7-27-9-17)19-10-30-21-18(19)6-16(8-29-21)22(33)31-14(3)4/h5-10,13-14,20,28,32H,11-12H2,1-4H3,(H,29,30)(H,31,33). The fourth-order valence-corrected chi connectivity index (χ4v) is 3.41. The Hall–Kier alpha value is -3.14. The Bertz CT molecular complexity index is 1090. The van der Waals surface area contributed by atoms with E-state index in [9.17, 15) is 18.0 Å². The number of carbonyl (C=O) groups is 1. The van der Waals surface area contributed by atoms with E-state index in [-0.39, 0.29) is 30.5 Å². The second kappa shape index (κ2) is 10.2. The molecule has 10 heteroatoms. The number of rotatable bonds is 9. The van der Waals surface area contributed by atoms with Crippen molar-refractivity contribution in [3.63, 3.8) is 0 Å². The first-order chi connectivity index (χ1) is 15.5. The molecule has 33 heavy (non-hydrogen) atoms. The highest BCUT2D eigenvalue weighted by Gasteiger charge is 2.27. The van der Waals surface area contributed by atoms with Crippen molar-refractivity contribution in [2.75, 3.05) is 18.4 Å². The Morgan fingerprint density at radius 1 is 1.12 bits per heavy atom. The summed E-state index contributed by atoms with van der Waals surface area (Å²) in [5.41, 5.74) is 3.40. The first-order valence-electron chi connectivity index (χ1n) is 10.8. The average Bonchev–Trinajstić information content (AvgIpc) is 3.15. The number of nitrogens with one attached hydrogen (secondary N) is 4. The zero-order valence-corrected chi connectivity index (χ0v) is 19.0. The first kappa shape index (κ1) is 24.5. The summed E-state index contributed by atoms with van der Waals surface area (Å²) in [5, 5.41) is 9.38. The summed E-state index contributed by atoms with van der Waals surface area (Å²) >= 11 is 0. The predicted octanol–water partition coefficient (Wildman–Crippen LogP) is 4.35. The lowest BCUT2D eigenvalue weighted by molar-refractivity contribution is -0.124. The third kappa shape index (κ3) is 6.67. The van der Waals surface area contributed by atoms with Gasteiger partial charge in [-0.15, -0.1) is 0 Å². The third-order valence-electron chi connectivity index (χ3n) is 5.11. The molecule has 3 aromatic heterocycles. The summed E-state index contributed by atoms with van der Waals surface area (Å²) in [6.07, 6.45) is 2.40. The van der Waals surface area contributed by atoms with Crippen molar-refractivity contribution >= 4 is 22.6 Å². The van der Waals surface area contributed by atoms with E-state index in [1.165, 1.54) is 6.20 Å². The van der Waals surface area contributed by atoms with Crippen LogP contribution in [0.5, 0.6) is 0 Å². The van der Waals surface area contributed by atoms with Crippen LogP contribution in [0.1, 0.15) is 38.1 Å². The van der Waals surface area contributed by atoms with Crippen molar-refractivity contribution in [3.8, 4) is 11.1 Å². The quantitative estimate of drug-likeness (QED) is 0.379. The van der Waals surface area contributed by atoms with Crippen LogP contribution in [-0.4, -0.2) is 52.2 Å². The van der Waals surface area contributed by atoms with Crippen LogP contribution in [0.2, 0.25) is 0 Å². The number of H-pyrrole nitrogens is 1. The van der Waals surface area contributed by atoms with Gasteiger partial charge in [-0.25, -0.2) is 4.98 Å². The van der Waals surface area contributed by atoms with Gasteiger partial charge in [-0.1, -0.05) is 13.8 Å². The SMILES string of the molecule is CC(C)NC(=O)c1cnc2[nH]cc(-c3cncc(NC(CNCC(F)(F)F)C(C)C)c3)c2c1. The number of hydrogen-bond donors (Lipinski definition) is 4. The van der Waals surface area contributed by atoms with Gasteiger partial charge in [0, 0.05) is 59.9 Å². The number of amides is 1. The highest BCUT2D eigenvalue weighted by molar-refractivity contribution is 6.01. The van der Waals surface area contributed by atoms with Crippen LogP contribution in [0.25, 0.3) is 22.2 Å². The van der Waals surface area contributed by atoms with Crippen molar-refractivity contribution in [1.29, 1.82) is 0 Å². The van der Waals surface area contributed by atoms with Gasteiger partial charge < -0.3 is 20.9 Å². The van der Waals surface area contributed by atoms with E-state index in [1.54, 1.807) is 24.7 Å². The monoisotopic (exact) mass is 462 g/mol. The fraction of sp³-hybridized carbons (Fsp3) is 0.435. The molecule has 0 aliphatic rings. The van der Waals surface area contributed by atoms with E-state index in [4.69, 9.17) is 0 Å². The lowest BCUT2D eigenvalue weighted by Crippen LogP contribution is -2.40. The van der Waals surface area contributed by atoms with E-state index in [0.717, 1.165) is 16.5 Å². The van der Waals surface area contributed by atoms with Crippen molar-refractivity contribution in [2.24, 2.45) is 5.92 Å². The van der Waals surface area contributed by atoms with Crippen LogP contribution in [0.3, 0.4) is 0 Å². The van der Waals surface area contributed by atoms with Gasteiger partial charge in [0.05, 0.1) is 17.8 Å². The van der Waals surface area contributed by atoms with E-state index in [0.29, 0.717) is 16.9 Å². The Morgan fingerprint density at radius 2 is 1.88 bits per heavy atom. The molecule has 0 radical (unpaired) electrons. The number of carbonyl (C=O) groups excluding carboxylic acids is 1. The van der Waals surface area contributed by atoms with E-state index < -0.39 is 12.7 Å². The summed E-state index contributed by atoms with van der Waals surface area (Å²) in [4.78, 5) is 24.2. The molecule has 0 saturated carbocycles. The fourth-order valence-electron chi connectivity index (χ4n) is 3.41. The minimum Gasteiger partial charge on any atom is -0.380 e. The van der Waals surface area contributed by atoms with Crippen LogP contribution < -0.4 is 16.0 Å². The minimum absolute atomic E-state index is 0.00497. The summed E-state index contributed by atoms with van der Waals surface area (Å²) < 4.78 is 37.5. The maximum absolute atomic E-state index is 12.5. The molecule has 0 spiro atoms. The van der Waals surface area contributed by atoms with Crippen molar-refractivity contribution in [2.45, 2.75) is 46.0 Å². The number of fused-ring (bicyclic) bond motifs is 1. The molecule has 4 N–H and O–H groups in total. The van der Waals surface area contributed by atoms with Crippen LogP contribution in [0, 0.1) is 5.92 Å². The van der Waals surface area contributed by atoms with Gasteiger partial charge in [0.2, 0.25) is 0 Å². The largest absolute Gasteiger partial charge is 0.401 e. The van der Waals surface area contributed by atoms with Crippen LogP contribution in [0.4, 0.5) is 18.9 Å². The normalized spacial score (nSPS) is 13.0. The van der Waals surface area contributed by atoms with Gasteiger partial charge >= 0.3 is 6.18 Å². The number of hydrogen-bond acceptors (Lipinski definition) is 5.